The number of nitrogens with one attached hydrogen (secondary N) is 1. The van der Waals surface area contributed by atoms with Gasteiger partial charge in [-0.1, -0.05) is 47.0 Å². The maximum Gasteiger partial charge on any atom is 0.283 e. The summed E-state index contributed by atoms with van der Waals surface area (Å²) in [5.74, 6) is -0.238. The zero-order valence-electron chi connectivity index (χ0n) is 20.1. The Labute approximate surface area is 220 Å². The Morgan fingerprint density at radius 3 is 2.42 bits per heavy atom. The first-order valence-corrected chi connectivity index (χ1v) is 13.4. The molecule has 188 valence electrons. The average Bonchev–Trinajstić information content (AvgIpc) is 3.27. The maximum atomic E-state index is 13.1. The molecule has 4 aromatic rings. The van der Waals surface area contributed by atoms with E-state index in [0.717, 1.165) is 20.6 Å². The van der Waals surface area contributed by atoms with E-state index in [-0.39, 0.29) is 16.8 Å². The molecule has 0 saturated carbocycles. The number of amides is 1. The second-order valence-corrected chi connectivity index (χ2v) is 11.4. The third-order valence-corrected chi connectivity index (χ3v) is 8.38. The summed E-state index contributed by atoms with van der Waals surface area (Å²) >= 11 is 12.0. The molecule has 1 heterocycles. The van der Waals surface area contributed by atoms with Crippen molar-refractivity contribution in [1.29, 1.82) is 0 Å². The van der Waals surface area contributed by atoms with Crippen molar-refractivity contribution in [3.63, 3.8) is 0 Å². The van der Waals surface area contributed by atoms with Crippen LogP contribution in [0.5, 0.6) is 0 Å². The predicted octanol–water partition coefficient (Wildman–Crippen LogP) is 4.79. The minimum atomic E-state index is -3.81. The number of hydrogen-bond donors (Lipinski definition) is 1. The van der Waals surface area contributed by atoms with E-state index in [1.165, 1.54) is 0 Å². The normalized spacial score (nSPS) is 12.7. The van der Waals surface area contributed by atoms with Crippen LogP contribution in [0, 0.1) is 6.92 Å². The van der Waals surface area contributed by atoms with Gasteiger partial charge in [-0.05, 0) is 75.5 Å². The molecule has 1 unspecified atom stereocenters. The minimum absolute atomic E-state index is 0.000470. The second-order valence-electron chi connectivity index (χ2n) is 8.86. The van der Waals surface area contributed by atoms with Crippen LogP contribution < -0.4 is 5.32 Å². The molecule has 1 N–H and O–H groups in total. The molecule has 0 aliphatic rings. The lowest BCUT2D eigenvalue weighted by Crippen LogP contribution is -2.41. The zero-order valence-corrected chi connectivity index (χ0v) is 22.4. The fourth-order valence-electron chi connectivity index (χ4n) is 3.85. The van der Waals surface area contributed by atoms with Crippen molar-refractivity contribution < 1.29 is 13.2 Å². The molecular weight excluding hydrogens is 519 g/mol. The molecule has 1 amide bonds. The van der Waals surface area contributed by atoms with Gasteiger partial charge < -0.3 is 10.2 Å². The number of fused-ring (bicyclic) bond motifs is 1. The van der Waals surface area contributed by atoms with Gasteiger partial charge >= 0.3 is 0 Å². The molecule has 36 heavy (non-hydrogen) atoms. The molecule has 3 aromatic carbocycles. The highest BCUT2D eigenvalue weighted by molar-refractivity contribution is 7.90. The first kappa shape index (κ1) is 26.2. The number of carbonyl (C=O) groups is 1. The third-order valence-electron chi connectivity index (χ3n) is 6.03. The molecule has 4 rings (SSSR count). The van der Waals surface area contributed by atoms with E-state index in [0.29, 0.717) is 34.1 Å². The molecule has 0 spiro atoms. The van der Waals surface area contributed by atoms with Crippen molar-refractivity contribution in [1.82, 2.24) is 19.4 Å². The molecule has 0 radical (unpaired) electrons. The molecule has 0 bridgehead atoms. The summed E-state index contributed by atoms with van der Waals surface area (Å²) in [5.41, 5.74) is 2.92. The Kier molecular flexibility index (Phi) is 7.70. The largest absolute Gasteiger partial charge is 0.350 e. The molecule has 0 aliphatic heterocycles. The van der Waals surface area contributed by atoms with Crippen molar-refractivity contribution in [2.75, 3.05) is 20.6 Å². The molecular formula is C26H26Cl2N4O3S. The topological polar surface area (TPSA) is 84.3 Å². The van der Waals surface area contributed by atoms with E-state index < -0.39 is 10.0 Å². The van der Waals surface area contributed by atoms with Crippen LogP contribution in [-0.4, -0.2) is 55.1 Å². The quantitative estimate of drug-likeness (QED) is 0.344. The van der Waals surface area contributed by atoms with Crippen molar-refractivity contribution in [2.24, 2.45) is 0 Å². The first-order valence-electron chi connectivity index (χ1n) is 11.2. The lowest BCUT2D eigenvalue weighted by molar-refractivity contribution is 0.0941. The first-order chi connectivity index (χ1) is 17.1. The molecule has 0 saturated heterocycles. The van der Waals surface area contributed by atoms with Crippen LogP contribution in [0.1, 0.15) is 21.5 Å². The number of aryl methyl sites for hydroxylation is 1. The molecule has 10 heteroatoms. The minimum Gasteiger partial charge on any atom is -0.350 e. The summed E-state index contributed by atoms with van der Waals surface area (Å²) in [4.78, 5) is 14.8. The van der Waals surface area contributed by atoms with Gasteiger partial charge in [0.05, 0.1) is 26.7 Å². The van der Waals surface area contributed by atoms with E-state index in [9.17, 15) is 13.2 Å². The van der Waals surface area contributed by atoms with Gasteiger partial charge in [0.15, 0.2) is 0 Å². The van der Waals surface area contributed by atoms with Crippen LogP contribution in [0.3, 0.4) is 0 Å². The summed E-state index contributed by atoms with van der Waals surface area (Å²) in [6, 6.07) is 17.0. The van der Waals surface area contributed by atoms with Gasteiger partial charge in [0.1, 0.15) is 0 Å². The third kappa shape index (κ3) is 5.57. The molecule has 1 aromatic heterocycles. The summed E-state index contributed by atoms with van der Waals surface area (Å²) in [7, 11) is 0.0837. The number of rotatable bonds is 8. The number of halogens is 2. The number of aromatic nitrogens is 2. The Bertz CT molecular complexity index is 1520. The summed E-state index contributed by atoms with van der Waals surface area (Å²) in [5, 5.41) is 8.56. The maximum absolute atomic E-state index is 13.1. The van der Waals surface area contributed by atoms with Gasteiger partial charge in [0.2, 0.25) is 0 Å². The van der Waals surface area contributed by atoms with Crippen LogP contribution in [-0.2, 0) is 16.4 Å². The number of carbonyl (C=O) groups excluding carboxylic acids is 1. The van der Waals surface area contributed by atoms with Crippen molar-refractivity contribution in [3.05, 3.63) is 93.6 Å². The summed E-state index contributed by atoms with van der Waals surface area (Å²) in [6.07, 6.45) is 2.20. The number of nitrogens with zero attached hydrogens (tertiary/aromatic N) is 3. The Balaban J connectivity index is 1.50. The van der Waals surface area contributed by atoms with Crippen LogP contribution in [0.4, 0.5) is 0 Å². The second kappa shape index (κ2) is 10.6. The molecule has 0 aliphatic carbocycles. The zero-order chi connectivity index (χ0) is 26.0. The van der Waals surface area contributed by atoms with Crippen molar-refractivity contribution in [3.8, 4) is 0 Å². The highest BCUT2D eigenvalue weighted by Crippen LogP contribution is 2.24. The number of likely N-dealkylation sites (N-methyl/N-ethyl adjacent to an activating group) is 1. The van der Waals surface area contributed by atoms with E-state index >= 15 is 0 Å². The van der Waals surface area contributed by atoms with E-state index in [1.54, 1.807) is 54.7 Å². The van der Waals surface area contributed by atoms with Gasteiger partial charge in [0.25, 0.3) is 15.9 Å². The fourth-order valence-corrected chi connectivity index (χ4v) is 5.42. The Hall–Kier alpha value is -2.91. The smallest absolute Gasteiger partial charge is 0.283 e. The summed E-state index contributed by atoms with van der Waals surface area (Å²) in [6.45, 7) is 2.31. The molecule has 7 nitrogen and oxygen atoms in total. The van der Waals surface area contributed by atoms with Gasteiger partial charge in [-0.15, -0.1) is 0 Å². The lowest BCUT2D eigenvalue weighted by Gasteiger charge is -2.25. The van der Waals surface area contributed by atoms with Crippen LogP contribution in [0.2, 0.25) is 10.0 Å². The standard InChI is InChI=1S/C26H26Cl2N4O3S/c1-17-4-8-22(9-5-17)36(34,35)32-25-11-6-18(12-20(25)15-30-32)13-21(31(2)3)16-29-26(33)19-7-10-23(27)24(28)14-19/h4-12,14-15,21H,13,16H2,1-3H3,(H,29,33). The number of benzene rings is 3. The van der Waals surface area contributed by atoms with Crippen LogP contribution >= 0.6 is 23.2 Å². The molecule has 0 fully saturated rings. The lowest BCUT2D eigenvalue weighted by atomic mass is 10.0. The Morgan fingerprint density at radius 1 is 1.03 bits per heavy atom. The SMILES string of the molecule is Cc1ccc(S(=O)(=O)n2ncc3cc(CC(CNC(=O)c4ccc(Cl)c(Cl)c4)N(C)C)ccc32)cc1. The van der Waals surface area contributed by atoms with Gasteiger partial charge in [-0.25, -0.2) is 0 Å². The van der Waals surface area contributed by atoms with E-state index in [4.69, 9.17) is 23.2 Å². The van der Waals surface area contributed by atoms with Crippen LogP contribution in [0.25, 0.3) is 10.9 Å². The predicted molar refractivity (Wildman–Crippen MR) is 143 cm³/mol. The summed E-state index contributed by atoms with van der Waals surface area (Å²) < 4.78 is 27.3. The average molecular weight is 545 g/mol. The van der Waals surface area contributed by atoms with Crippen LogP contribution in [0.15, 0.2) is 71.8 Å². The molecule has 1 atom stereocenters. The van der Waals surface area contributed by atoms with Crippen molar-refractivity contribution >= 4 is 50.0 Å². The van der Waals surface area contributed by atoms with Gasteiger partial charge in [-0.3, -0.25) is 4.79 Å². The van der Waals surface area contributed by atoms with E-state index in [1.807, 2.05) is 38.1 Å². The highest BCUT2D eigenvalue weighted by Gasteiger charge is 2.21. The van der Waals surface area contributed by atoms with Crippen molar-refractivity contribution in [2.45, 2.75) is 24.3 Å². The fraction of sp³-hybridized carbons (Fsp3) is 0.231. The Morgan fingerprint density at radius 2 is 1.75 bits per heavy atom. The monoisotopic (exact) mass is 544 g/mol. The number of hydrogen-bond acceptors (Lipinski definition) is 5. The van der Waals surface area contributed by atoms with Gasteiger partial charge in [0, 0.05) is 23.5 Å². The highest BCUT2D eigenvalue weighted by atomic mass is 35.5. The van der Waals surface area contributed by atoms with E-state index in [2.05, 4.69) is 10.4 Å². The van der Waals surface area contributed by atoms with Gasteiger partial charge in [-0.2, -0.15) is 17.6 Å².